The molecule has 3 heteroatoms. The number of methoxy groups -OCH3 is 1. The number of likely N-dealkylation sites (tertiary alicyclic amines) is 1. The molecular weight excluding hydrogens is 260 g/mol. The monoisotopic (exact) mass is 288 g/mol. The van der Waals surface area contributed by atoms with Gasteiger partial charge < -0.3 is 15.0 Å². The van der Waals surface area contributed by atoms with Crippen LogP contribution in [0.3, 0.4) is 0 Å². The van der Waals surface area contributed by atoms with E-state index in [0.29, 0.717) is 6.04 Å². The Balaban J connectivity index is 1.42. The second kappa shape index (κ2) is 7.28. The quantitative estimate of drug-likeness (QED) is 0.815. The molecule has 1 aliphatic heterocycles. The number of nitrogens with one attached hydrogen (secondary N) is 1. The molecule has 3 rings (SSSR count). The van der Waals surface area contributed by atoms with Gasteiger partial charge in [-0.25, -0.2) is 0 Å². The molecule has 1 saturated heterocycles. The van der Waals surface area contributed by atoms with E-state index in [1.165, 1.54) is 62.9 Å². The highest BCUT2D eigenvalue weighted by molar-refractivity contribution is 5.37. The molecule has 1 fully saturated rings. The molecule has 0 spiro atoms. The van der Waals surface area contributed by atoms with Crippen LogP contribution in [0.15, 0.2) is 18.2 Å². The van der Waals surface area contributed by atoms with Crippen molar-refractivity contribution in [2.45, 2.75) is 44.6 Å². The van der Waals surface area contributed by atoms with E-state index in [4.69, 9.17) is 4.74 Å². The minimum absolute atomic E-state index is 0.642. The molecule has 1 atom stereocenters. The van der Waals surface area contributed by atoms with Gasteiger partial charge in [-0.15, -0.1) is 0 Å². The second-order valence-corrected chi connectivity index (χ2v) is 6.43. The highest BCUT2D eigenvalue weighted by atomic mass is 16.5. The fourth-order valence-electron chi connectivity index (χ4n) is 3.65. The Morgan fingerprint density at radius 1 is 1.24 bits per heavy atom. The lowest BCUT2D eigenvalue weighted by molar-refractivity contribution is 0.325. The molecule has 116 valence electrons. The predicted octanol–water partition coefficient (Wildman–Crippen LogP) is 2.63. The van der Waals surface area contributed by atoms with Gasteiger partial charge in [-0.05, 0) is 88.0 Å². The summed E-state index contributed by atoms with van der Waals surface area (Å²) in [7, 11) is 1.75. The lowest BCUT2D eigenvalue weighted by atomic mass is 9.88. The van der Waals surface area contributed by atoms with Crippen molar-refractivity contribution < 1.29 is 4.74 Å². The predicted molar refractivity (Wildman–Crippen MR) is 87.1 cm³/mol. The summed E-state index contributed by atoms with van der Waals surface area (Å²) in [6.45, 7) is 5.05. The lowest BCUT2D eigenvalue weighted by Gasteiger charge is -2.26. The fourth-order valence-corrected chi connectivity index (χ4v) is 3.65. The van der Waals surface area contributed by atoms with Crippen LogP contribution in [0.2, 0.25) is 0 Å². The third-order valence-electron chi connectivity index (χ3n) is 4.92. The maximum atomic E-state index is 5.35. The number of rotatable bonds is 6. The number of fused-ring (bicyclic) bond motifs is 1. The second-order valence-electron chi connectivity index (χ2n) is 6.43. The highest BCUT2D eigenvalue weighted by Gasteiger charge is 2.18. The minimum Gasteiger partial charge on any atom is -0.497 e. The molecule has 1 unspecified atom stereocenters. The summed E-state index contributed by atoms with van der Waals surface area (Å²) in [5.74, 6) is 0.989. The number of aryl methyl sites for hydroxylation is 1. The summed E-state index contributed by atoms with van der Waals surface area (Å²) in [5.41, 5.74) is 2.98. The average molecular weight is 288 g/mol. The van der Waals surface area contributed by atoms with E-state index < -0.39 is 0 Å². The molecule has 0 bridgehead atoms. The van der Waals surface area contributed by atoms with Gasteiger partial charge in [0.25, 0.3) is 0 Å². The fraction of sp³-hybridized carbons (Fsp3) is 0.667. The van der Waals surface area contributed by atoms with E-state index in [1.54, 1.807) is 7.11 Å². The Hall–Kier alpha value is -1.06. The standard InChI is InChI=1S/C18H28N2O/c1-21-18-8-6-15-5-7-17(13-16(15)14-18)19-9-4-12-20-10-2-3-11-20/h6,8,14,17,19H,2-5,7,9-13H2,1H3. The first-order chi connectivity index (χ1) is 10.3. The Morgan fingerprint density at radius 2 is 2.10 bits per heavy atom. The number of hydrogen-bond acceptors (Lipinski definition) is 3. The van der Waals surface area contributed by atoms with Crippen molar-refractivity contribution in [3.05, 3.63) is 29.3 Å². The molecule has 0 amide bonds. The number of hydrogen-bond donors (Lipinski definition) is 1. The molecule has 1 aromatic rings. The number of nitrogens with zero attached hydrogens (tertiary/aromatic N) is 1. The maximum absolute atomic E-state index is 5.35. The van der Waals surface area contributed by atoms with E-state index in [-0.39, 0.29) is 0 Å². The minimum atomic E-state index is 0.642. The van der Waals surface area contributed by atoms with Crippen LogP contribution >= 0.6 is 0 Å². The van der Waals surface area contributed by atoms with Crippen molar-refractivity contribution >= 4 is 0 Å². The molecule has 0 radical (unpaired) electrons. The first kappa shape index (κ1) is 14.9. The van der Waals surface area contributed by atoms with Crippen LogP contribution in [0.5, 0.6) is 5.75 Å². The Labute approximate surface area is 128 Å². The van der Waals surface area contributed by atoms with Crippen LogP contribution in [0.25, 0.3) is 0 Å². The molecule has 0 aromatic heterocycles. The smallest absolute Gasteiger partial charge is 0.119 e. The van der Waals surface area contributed by atoms with Crippen LogP contribution in [0, 0.1) is 0 Å². The molecule has 2 aliphatic rings. The SMILES string of the molecule is COc1ccc2c(c1)CC(NCCCN1CCCC1)CC2. The van der Waals surface area contributed by atoms with E-state index in [9.17, 15) is 0 Å². The van der Waals surface area contributed by atoms with Gasteiger partial charge in [0.15, 0.2) is 0 Å². The van der Waals surface area contributed by atoms with Crippen LogP contribution < -0.4 is 10.1 Å². The topological polar surface area (TPSA) is 24.5 Å². The first-order valence-electron chi connectivity index (χ1n) is 8.46. The lowest BCUT2D eigenvalue weighted by Crippen LogP contribution is -2.36. The molecule has 3 nitrogen and oxygen atoms in total. The van der Waals surface area contributed by atoms with E-state index in [1.807, 2.05) is 0 Å². The van der Waals surface area contributed by atoms with Gasteiger partial charge in [0.2, 0.25) is 0 Å². The molecular formula is C18H28N2O. The summed E-state index contributed by atoms with van der Waals surface area (Å²) >= 11 is 0. The Morgan fingerprint density at radius 3 is 2.90 bits per heavy atom. The van der Waals surface area contributed by atoms with Gasteiger partial charge in [-0.2, -0.15) is 0 Å². The highest BCUT2D eigenvalue weighted by Crippen LogP contribution is 2.25. The first-order valence-corrected chi connectivity index (χ1v) is 8.46. The average Bonchev–Trinajstić information content (AvgIpc) is 3.04. The normalized spacial score (nSPS) is 22.2. The molecule has 1 aliphatic carbocycles. The van der Waals surface area contributed by atoms with Gasteiger partial charge in [-0.3, -0.25) is 0 Å². The largest absolute Gasteiger partial charge is 0.497 e. The third kappa shape index (κ3) is 3.98. The van der Waals surface area contributed by atoms with Gasteiger partial charge in [-0.1, -0.05) is 6.07 Å². The Bertz CT molecular complexity index is 455. The summed E-state index contributed by atoms with van der Waals surface area (Å²) in [6, 6.07) is 7.18. The molecule has 0 saturated carbocycles. The maximum Gasteiger partial charge on any atom is 0.119 e. The van der Waals surface area contributed by atoms with Crippen molar-refractivity contribution in [2.75, 3.05) is 33.3 Å². The summed E-state index contributed by atoms with van der Waals surface area (Å²) in [6.07, 6.45) is 7.69. The summed E-state index contributed by atoms with van der Waals surface area (Å²) in [5, 5.41) is 3.76. The van der Waals surface area contributed by atoms with E-state index >= 15 is 0 Å². The third-order valence-corrected chi connectivity index (χ3v) is 4.92. The van der Waals surface area contributed by atoms with Gasteiger partial charge in [0.05, 0.1) is 7.11 Å². The van der Waals surface area contributed by atoms with Gasteiger partial charge in [0.1, 0.15) is 5.75 Å². The van der Waals surface area contributed by atoms with Crippen molar-refractivity contribution in [3.63, 3.8) is 0 Å². The van der Waals surface area contributed by atoms with Crippen molar-refractivity contribution in [1.29, 1.82) is 0 Å². The molecule has 1 heterocycles. The van der Waals surface area contributed by atoms with Crippen molar-refractivity contribution in [1.82, 2.24) is 10.2 Å². The summed E-state index contributed by atoms with van der Waals surface area (Å²) in [4.78, 5) is 2.60. The van der Waals surface area contributed by atoms with Crippen LogP contribution in [0.1, 0.15) is 36.8 Å². The van der Waals surface area contributed by atoms with E-state index in [0.717, 1.165) is 18.7 Å². The van der Waals surface area contributed by atoms with Crippen LogP contribution in [-0.2, 0) is 12.8 Å². The number of ether oxygens (including phenoxy) is 1. The summed E-state index contributed by atoms with van der Waals surface area (Å²) < 4.78 is 5.35. The van der Waals surface area contributed by atoms with Crippen LogP contribution in [-0.4, -0.2) is 44.2 Å². The van der Waals surface area contributed by atoms with E-state index in [2.05, 4.69) is 28.4 Å². The zero-order valence-corrected chi connectivity index (χ0v) is 13.2. The van der Waals surface area contributed by atoms with Gasteiger partial charge in [0, 0.05) is 6.04 Å². The van der Waals surface area contributed by atoms with Gasteiger partial charge >= 0.3 is 0 Å². The molecule has 1 N–H and O–H groups in total. The van der Waals surface area contributed by atoms with Crippen molar-refractivity contribution in [2.24, 2.45) is 0 Å². The van der Waals surface area contributed by atoms with Crippen molar-refractivity contribution in [3.8, 4) is 5.75 Å². The van der Waals surface area contributed by atoms with Crippen LogP contribution in [0.4, 0.5) is 0 Å². The number of benzene rings is 1. The zero-order valence-electron chi connectivity index (χ0n) is 13.2. The Kier molecular flexibility index (Phi) is 5.15. The zero-order chi connectivity index (χ0) is 14.5. The molecule has 1 aromatic carbocycles. The molecule has 21 heavy (non-hydrogen) atoms.